The molecule has 0 radical (unpaired) electrons. The van der Waals surface area contributed by atoms with Crippen LogP contribution in [0.15, 0.2) is 0 Å². The Kier molecular flexibility index (Phi) is 1.63. The molecule has 2 heterocycles. The van der Waals surface area contributed by atoms with Crippen molar-refractivity contribution < 1.29 is 14.3 Å². The van der Waals surface area contributed by atoms with E-state index in [-0.39, 0.29) is 18.2 Å². The summed E-state index contributed by atoms with van der Waals surface area (Å²) in [6.07, 6.45) is 2.59. The third-order valence-electron chi connectivity index (χ3n) is 2.81. The van der Waals surface area contributed by atoms with Crippen molar-refractivity contribution >= 4 is 5.97 Å². The van der Waals surface area contributed by atoms with Crippen LogP contribution in [0.3, 0.4) is 0 Å². The first-order valence-electron chi connectivity index (χ1n) is 4.19. The van der Waals surface area contributed by atoms with Gasteiger partial charge in [-0.3, -0.25) is 0 Å². The molecule has 2 aliphatic rings. The number of hydrogen-bond donors (Lipinski definition) is 1. The third-order valence-corrected chi connectivity index (χ3v) is 2.81. The number of esters is 1. The Labute approximate surface area is 71.0 Å². The number of nitrogens with two attached hydrogens (primary N) is 1. The van der Waals surface area contributed by atoms with E-state index < -0.39 is 5.54 Å². The molecule has 12 heavy (non-hydrogen) atoms. The molecule has 0 aromatic carbocycles. The minimum Gasteiger partial charge on any atom is -0.468 e. The number of rotatable bonds is 1. The monoisotopic (exact) mass is 171 g/mol. The molecule has 2 aliphatic heterocycles. The molecule has 0 saturated carbocycles. The normalized spacial score (nSPS) is 44.8. The van der Waals surface area contributed by atoms with Gasteiger partial charge in [0.05, 0.1) is 19.3 Å². The van der Waals surface area contributed by atoms with Crippen molar-refractivity contribution in [2.75, 3.05) is 7.11 Å². The van der Waals surface area contributed by atoms with Gasteiger partial charge >= 0.3 is 5.97 Å². The predicted octanol–water partition coefficient (Wildman–Crippen LogP) is -0.192. The smallest absolute Gasteiger partial charge is 0.328 e. The molecule has 2 saturated heterocycles. The molecule has 2 rings (SSSR count). The van der Waals surface area contributed by atoms with E-state index in [1.807, 2.05) is 0 Å². The van der Waals surface area contributed by atoms with Crippen LogP contribution in [0.1, 0.15) is 19.3 Å². The molecular formula is C8H13NO3. The van der Waals surface area contributed by atoms with Crippen LogP contribution in [0.5, 0.6) is 0 Å². The van der Waals surface area contributed by atoms with Gasteiger partial charge in [0.15, 0.2) is 0 Å². The van der Waals surface area contributed by atoms with Crippen molar-refractivity contribution in [3.05, 3.63) is 0 Å². The molecule has 4 nitrogen and oxygen atoms in total. The molecule has 3 atom stereocenters. The lowest BCUT2D eigenvalue weighted by Gasteiger charge is -2.27. The van der Waals surface area contributed by atoms with Crippen molar-refractivity contribution in [1.82, 2.24) is 0 Å². The van der Waals surface area contributed by atoms with Gasteiger partial charge in [-0.05, 0) is 12.8 Å². The quantitative estimate of drug-likeness (QED) is 0.555. The Morgan fingerprint density at radius 2 is 2.42 bits per heavy atom. The zero-order chi connectivity index (χ0) is 8.77. The number of carbonyl (C=O) groups is 1. The van der Waals surface area contributed by atoms with Crippen LogP contribution in [0.2, 0.25) is 0 Å². The summed E-state index contributed by atoms with van der Waals surface area (Å²) in [5.74, 6) is -0.338. The second-order valence-electron chi connectivity index (χ2n) is 3.56. The van der Waals surface area contributed by atoms with E-state index in [0.717, 1.165) is 12.8 Å². The van der Waals surface area contributed by atoms with Crippen molar-refractivity contribution in [2.45, 2.75) is 37.0 Å². The second-order valence-corrected chi connectivity index (χ2v) is 3.56. The Morgan fingerprint density at radius 1 is 1.67 bits per heavy atom. The number of fused-ring (bicyclic) bond motifs is 2. The maximum absolute atomic E-state index is 11.3. The van der Waals surface area contributed by atoms with Crippen molar-refractivity contribution in [3.63, 3.8) is 0 Å². The Hall–Kier alpha value is -0.610. The van der Waals surface area contributed by atoms with Crippen molar-refractivity contribution in [3.8, 4) is 0 Å². The molecule has 4 heteroatoms. The van der Waals surface area contributed by atoms with Gasteiger partial charge in [0.25, 0.3) is 0 Å². The molecule has 2 fully saturated rings. The van der Waals surface area contributed by atoms with Gasteiger partial charge in [0.1, 0.15) is 5.54 Å². The fraction of sp³-hybridized carbons (Fsp3) is 0.875. The summed E-state index contributed by atoms with van der Waals surface area (Å²) in [7, 11) is 1.36. The fourth-order valence-electron chi connectivity index (χ4n) is 2.15. The second kappa shape index (κ2) is 2.44. The maximum Gasteiger partial charge on any atom is 0.328 e. The lowest BCUT2D eigenvalue weighted by molar-refractivity contribution is -0.149. The van der Waals surface area contributed by atoms with E-state index in [4.69, 9.17) is 10.5 Å². The summed E-state index contributed by atoms with van der Waals surface area (Å²) >= 11 is 0. The van der Waals surface area contributed by atoms with Gasteiger partial charge in [-0.15, -0.1) is 0 Å². The summed E-state index contributed by atoms with van der Waals surface area (Å²) in [6.45, 7) is 0. The fourth-order valence-corrected chi connectivity index (χ4v) is 2.15. The predicted molar refractivity (Wildman–Crippen MR) is 41.4 cm³/mol. The van der Waals surface area contributed by atoms with E-state index in [0.29, 0.717) is 6.42 Å². The SMILES string of the molecule is COC(=O)C1(N)CC2CCC1O2. The minimum absolute atomic E-state index is 0.116. The summed E-state index contributed by atoms with van der Waals surface area (Å²) in [5.41, 5.74) is 5.04. The van der Waals surface area contributed by atoms with Crippen LogP contribution in [0.25, 0.3) is 0 Å². The van der Waals surface area contributed by atoms with E-state index in [1.165, 1.54) is 7.11 Å². The van der Waals surface area contributed by atoms with Crippen molar-refractivity contribution in [2.24, 2.45) is 5.73 Å². The highest BCUT2D eigenvalue weighted by molar-refractivity contribution is 5.82. The summed E-state index contributed by atoms with van der Waals surface area (Å²) in [4.78, 5) is 11.3. The molecule has 0 spiro atoms. The van der Waals surface area contributed by atoms with Gasteiger partial charge < -0.3 is 15.2 Å². The average Bonchev–Trinajstić information content (AvgIpc) is 2.62. The molecule has 68 valence electrons. The van der Waals surface area contributed by atoms with Crippen LogP contribution >= 0.6 is 0 Å². The first kappa shape index (κ1) is 8.01. The number of ether oxygens (including phenoxy) is 2. The largest absolute Gasteiger partial charge is 0.468 e. The maximum atomic E-state index is 11.3. The van der Waals surface area contributed by atoms with Gasteiger partial charge in [0, 0.05) is 6.42 Å². The lowest BCUT2D eigenvalue weighted by atomic mass is 9.82. The number of hydrogen-bond acceptors (Lipinski definition) is 4. The molecular weight excluding hydrogens is 158 g/mol. The number of methoxy groups -OCH3 is 1. The Balaban J connectivity index is 2.17. The van der Waals surface area contributed by atoms with Gasteiger partial charge in [-0.1, -0.05) is 0 Å². The standard InChI is InChI=1S/C8H13NO3/c1-11-7(10)8(9)4-5-2-3-6(8)12-5/h5-6H,2-4,9H2,1H3. The molecule has 2 bridgehead atoms. The molecule has 0 aromatic rings. The van der Waals surface area contributed by atoms with Crippen molar-refractivity contribution in [1.29, 1.82) is 0 Å². The zero-order valence-corrected chi connectivity index (χ0v) is 7.08. The highest BCUT2D eigenvalue weighted by Crippen LogP contribution is 2.40. The Bertz CT molecular complexity index is 218. The summed E-state index contributed by atoms with van der Waals surface area (Å²) < 4.78 is 10.1. The molecule has 0 aromatic heterocycles. The molecule has 0 aliphatic carbocycles. The van der Waals surface area contributed by atoms with E-state index in [9.17, 15) is 4.79 Å². The molecule has 0 amide bonds. The van der Waals surface area contributed by atoms with Crippen LogP contribution < -0.4 is 5.73 Å². The highest BCUT2D eigenvalue weighted by atomic mass is 16.5. The van der Waals surface area contributed by atoms with Crippen LogP contribution in [0.4, 0.5) is 0 Å². The number of carbonyl (C=O) groups excluding carboxylic acids is 1. The Morgan fingerprint density at radius 3 is 2.83 bits per heavy atom. The van der Waals surface area contributed by atoms with E-state index >= 15 is 0 Å². The lowest BCUT2D eigenvalue weighted by Crippen LogP contribution is -2.55. The van der Waals surface area contributed by atoms with Gasteiger partial charge in [-0.25, -0.2) is 4.79 Å². The van der Waals surface area contributed by atoms with Gasteiger partial charge in [0.2, 0.25) is 0 Å². The van der Waals surface area contributed by atoms with Crippen LogP contribution in [0, 0.1) is 0 Å². The molecule has 3 unspecified atom stereocenters. The average molecular weight is 171 g/mol. The van der Waals surface area contributed by atoms with E-state index in [2.05, 4.69) is 4.74 Å². The van der Waals surface area contributed by atoms with Crippen LogP contribution in [-0.2, 0) is 14.3 Å². The third kappa shape index (κ3) is 0.881. The summed E-state index contributed by atoms with van der Waals surface area (Å²) in [5, 5.41) is 0. The topological polar surface area (TPSA) is 61.5 Å². The van der Waals surface area contributed by atoms with Gasteiger partial charge in [-0.2, -0.15) is 0 Å². The van der Waals surface area contributed by atoms with E-state index in [1.54, 1.807) is 0 Å². The summed E-state index contributed by atoms with van der Waals surface area (Å²) in [6, 6.07) is 0. The highest BCUT2D eigenvalue weighted by Gasteiger charge is 2.55. The zero-order valence-electron chi connectivity index (χ0n) is 7.08. The first-order chi connectivity index (χ1) is 5.66. The minimum atomic E-state index is -0.863. The first-order valence-corrected chi connectivity index (χ1v) is 4.19. The molecule has 2 N–H and O–H groups in total. The van der Waals surface area contributed by atoms with Crippen LogP contribution in [-0.4, -0.2) is 30.8 Å².